The summed E-state index contributed by atoms with van der Waals surface area (Å²) >= 11 is 0. The molecule has 102 valence electrons. The Hall–Kier alpha value is -0.960. The van der Waals surface area contributed by atoms with Crippen LogP contribution in [0.25, 0.3) is 0 Å². The second kappa shape index (κ2) is 5.35. The molecule has 6 nitrogen and oxygen atoms in total. The molecule has 0 saturated heterocycles. The van der Waals surface area contributed by atoms with Crippen molar-refractivity contribution in [3.05, 3.63) is 24.3 Å². The van der Waals surface area contributed by atoms with Gasteiger partial charge in [0.15, 0.2) is 19.7 Å². The molecule has 0 aliphatic rings. The maximum absolute atomic E-state index is 11.8. The van der Waals surface area contributed by atoms with Crippen molar-refractivity contribution < 1.29 is 21.9 Å². The largest absolute Gasteiger partial charge is 0.391 e. The number of sulfone groups is 2. The number of aliphatic hydroxyl groups excluding tert-OH is 1. The van der Waals surface area contributed by atoms with Crippen molar-refractivity contribution >= 4 is 19.7 Å². The zero-order valence-electron chi connectivity index (χ0n) is 9.78. The van der Waals surface area contributed by atoms with E-state index in [1.807, 2.05) is 0 Å². The van der Waals surface area contributed by atoms with Gasteiger partial charge in [-0.2, -0.15) is 0 Å². The van der Waals surface area contributed by atoms with Crippen molar-refractivity contribution in [2.24, 2.45) is 5.73 Å². The molecule has 1 atom stereocenters. The van der Waals surface area contributed by atoms with Gasteiger partial charge >= 0.3 is 0 Å². The molecule has 0 aliphatic carbocycles. The van der Waals surface area contributed by atoms with E-state index in [9.17, 15) is 21.9 Å². The standard InChI is InChI=1S/C10H15NO5S2/c1-17(13,14)9-2-4-10(5-3-9)18(15,16)7-8(12)6-11/h2-5,8,12H,6-7,11H2,1H3/t8-/m1/s1. The Balaban J connectivity index is 3.06. The number of nitrogens with two attached hydrogens (primary N) is 1. The average molecular weight is 293 g/mol. The van der Waals surface area contributed by atoms with Gasteiger partial charge in [0, 0.05) is 12.8 Å². The van der Waals surface area contributed by atoms with E-state index in [4.69, 9.17) is 5.73 Å². The first-order valence-electron chi connectivity index (χ1n) is 5.08. The van der Waals surface area contributed by atoms with Crippen LogP contribution in [0.1, 0.15) is 0 Å². The maximum atomic E-state index is 11.8. The molecule has 0 radical (unpaired) electrons. The van der Waals surface area contributed by atoms with E-state index in [0.29, 0.717) is 0 Å². The summed E-state index contributed by atoms with van der Waals surface area (Å²) in [7, 11) is -7.02. The summed E-state index contributed by atoms with van der Waals surface area (Å²) in [5.41, 5.74) is 5.14. The fourth-order valence-electron chi connectivity index (χ4n) is 1.31. The Morgan fingerprint density at radius 3 is 1.94 bits per heavy atom. The SMILES string of the molecule is CS(=O)(=O)c1ccc(S(=O)(=O)C[C@H](O)CN)cc1. The topological polar surface area (TPSA) is 115 Å². The summed E-state index contributed by atoms with van der Waals surface area (Å²) in [6, 6.07) is 4.85. The summed E-state index contributed by atoms with van der Waals surface area (Å²) in [6.45, 7) is -0.152. The second-order valence-electron chi connectivity index (χ2n) is 3.91. The molecule has 3 N–H and O–H groups in total. The average Bonchev–Trinajstić information content (AvgIpc) is 2.27. The molecule has 0 aliphatic heterocycles. The number of hydrogen-bond acceptors (Lipinski definition) is 6. The highest BCUT2D eigenvalue weighted by Crippen LogP contribution is 2.16. The van der Waals surface area contributed by atoms with Gasteiger partial charge < -0.3 is 10.8 Å². The van der Waals surface area contributed by atoms with Crippen LogP contribution in [-0.4, -0.2) is 46.6 Å². The third-order valence-electron chi connectivity index (χ3n) is 2.29. The lowest BCUT2D eigenvalue weighted by atomic mass is 10.4. The summed E-state index contributed by atoms with van der Waals surface area (Å²) in [4.78, 5) is 0.00298. The molecule has 0 fully saturated rings. The van der Waals surface area contributed by atoms with Crippen LogP contribution in [0.3, 0.4) is 0 Å². The molecule has 1 aromatic carbocycles. The van der Waals surface area contributed by atoms with E-state index in [0.717, 1.165) is 6.26 Å². The van der Waals surface area contributed by atoms with Gasteiger partial charge in [0.05, 0.1) is 21.6 Å². The Morgan fingerprint density at radius 2 is 1.56 bits per heavy atom. The Morgan fingerprint density at radius 1 is 1.11 bits per heavy atom. The molecule has 0 bridgehead atoms. The van der Waals surface area contributed by atoms with Crippen LogP contribution in [0.15, 0.2) is 34.1 Å². The maximum Gasteiger partial charge on any atom is 0.180 e. The monoisotopic (exact) mass is 293 g/mol. The molecule has 1 rings (SSSR count). The zero-order valence-corrected chi connectivity index (χ0v) is 11.4. The third-order valence-corrected chi connectivity index (χ3v) is 5.24. The Labute approximate surface area is 106 Å². The van der Waals surface area contributed by atoms with Crippen LogP contribution >= 0.6 is 0 Å². The summed E-state index contributed by atoms with van der Waals surface area (Å²) < 4.78 is 46.0. The van der Waals surface area contributed by atoms with Crippen molar-refractivity contribution in [3.63, 3.8) is 0 Å². The lowest BCUT2D eigenvalue weighted by Gasteiger charge is -2.09. The highest BCUT2D eigenvalue weighted by Gasteiger charge is 2.19. The number of rotatable bonds is 5. The normalized spacial score (nSPS) is 14.4. The first-order valence-corrected chi connectivity index (χ1v) is 8.62. The van der Waals surface area contributed by atoms with Crippen LogP contribution in [0.4, 0.5) is 0 Å². The molecule has 8 heteroatoms. The van der Waals surface area contributed by atoms with E-state index >= 15 is 0 Å². The molecule has 0 saturated carbocycles. The number of hydrogen-bond donors (Lipinski definition) is 2. The Kier molecular flexibility index (Phi) is 4.49. The van der Waals surface area contributed by atoms with Crippen LogP contribution in [-0.2, 0) is 19.7 Å². The van der Waals surface area contributed by atoms with Crippen LogP contribution in [0.2, 0.25) is 0 Å². The van der Waals surface area contributed by atoms with E-state index in [1.165, 1.54) is 24.3 Å². The van der Waals surface area contributed by atoms with E-state index in [2.05, 4.69) is 0 Å². The van der Waals surface area contributed by atoms with Crippen molar-refractivity contribution in [3.8, 4) is 0 Å². The van der Waals surface area contributed by atoms with Gasteiger partial charge in [0.25, 0.3) is 0 Å². The quantitative estimate of drug-likeness (QED) is 0.733. The van der Waals surface area contributed by atoms with Crippen molar-refractivity contribution in [1.82, 2.24) is 0 Å². The molecule has 1 aromatic rings. The fraction of sp³-hybridized carbons (Fsp3) is 0.400. The minimum atomic E-state index is -3.66. The summed E-state index contributed by atoms with van der Waals surface area (Å²) in [6.07, 6.45) is -0.0983. The molecule has 0 heterocycles. The lowest BCUT2D eigenvalue weighted by Crippen LogP contribution is -2.28. The lowest BCUT2D eigenvalue weighted by molar-refractivity contribution is 0.205. The molecular weight excluding hydrogens is 278 g/mol. The van der Waals surface area contributed by atoms with Gasteiger partial charge in [-0.05, 0) is 24.3 Å². The molecule has 0 aromatic heterocycles. The summed E-state index contributed by atoms with van der Waals surface area (Å²) in [5, 5.41) is 9.24. The van der Waals surface area contributed by atoms with Gasteiger partial charge in [0.1, 0.15) is 0 Å². The molecule has 0 unspecified atom stereocenters. The second-order valence-corrected chi connectivity index (χ2v) is 7.96. The molecular formula is C10H15NO5S2. The first kappa shape index (κ1) is 15.1. The third kappa shape index (κ3) is 3.77. The first-order chi connectivity index (χ1) is 8.16. The van der Waals surface area contributed by atoms with E-state index in [1.54, 1.807) is 0 Å². The smallest absolute Gasteiger partial charge is 0.180 e. The number of aliphatic hydroxyl groups is 1. The Bertz CT molecular complexity index is 604. The van der Waals surface area contributed by atoms with Crippen LogP contribution < -0.4 is 5.73 Å². The van der Waals surface area contributed by atoms with Gasteiger partial charge in [-0.1, -0.05) is 0 Å². The van der Waals surface area contributed by atoms with Gasteiger partial charge in [-0.15, -0.1) is 0 Å². The zero-order chi connectivity index (χ0) is 14.0. The van der Waals surface area contributed by atoms with Crippen molar-refractivity contribution in [2.75, 3.05) is 18.6 Å². The van der Waals surface area contributed by atoms with E-state index < -0.39 is 31.5 Å². The van der Waals surface area contributed by atoms with Gasteiger partial charge in [-0.25, -0.2) is 16.8 Å². The number of benzene rings is 1. The molecule has 0 spiro atoms. The highest BCUT2D eigenvalue weighted by atomic mass is 32.2. The van der Waals surface area contributed by atoms with Crippen LogP contribution in [0, 0.1) is 0 Å². The van der Waals surface area contributed by atoms with Gasteiger partial charge in [0.2, 0.25) is 0 Å². The molecule has 0 amide bonds. The minimum Gasteiger partial charge on any atom is -0.391 e. The fourth-order valence-corrected chi connectivity index (χ4v) is 3.33. The highest BCUT2D eigenvalue weighted by molar-refractivity contribution is 7.91. The van der Waals surface area contributed by atoms with Crippen molar-refractivity contribution in [1.29, 1.82) is 0 Å². The van der Waals surface area contributed by atoms with Gasteiger partial charge in [-0.3, -0.25) is 0 Å². The predicted molar refractivity (Wildman–Crippen MR) is 66.7 cm³/mol. The predicted octanol–water partition coefficient (Wildman–Crippen LogP) is -0.817. The van der Waals surface area contributed by atoms with Crippen molar-refractivity contribution in [2.45, 2.75) is 15.9 Å². The summed E-state index contributed by atoms with van der Waals surface area (Å²) in [5.74, 6) is -0.484. The minimum absolute atomic E-state index is 0.0394. The molecule has 18 heavy (non-hydrogen) atoms. The van der Waals surface area contributed by atoms with Crippen LogP contribution in [0.5, 0.6) is 0 Å². The van der Waals surface area contributed by atoms with E-state index in [-0.39, 0.29) is 16.3 Å².